The Hall–Kier alpha value is -4.11. The van der Waals surface area contributed by atoms with Gasteiger partial charge in [0.25, 0.3) is 5.91 Å². The van der Waals surface area contributed by atoms with Crippen molar-refractivity contribution in [3.63, 3.8) is 0 Å². The van der Waals surface area contributed by atoms with E-state index in [1.165, 1.54) is 6.33 Å². The predicted molar refractivity (Wildman–Crippen MR) is 119 cm³/mol. The van der Waals surface area contributed by atoms with E-state index in [9.17, 15) is 9.90 Å². The van der Waals surface area contributed by atoms with Gasteiger partial charge in [0.2, 0.25) is 0 Å². The Bertz CT molecular complexity index is 1210. The van der Waals surface area contributed by atoms with Crippen molar-refractivity contribution in [2.75, 3.05) is 5.32 Å². The van der Waals surface area contributed by atoms with Crippen LogP contribution in [0.4, 0.5) is 5.69 Å². The number of anilines is 1. The van der Waals surface area contributed by atoms with E-state index in [2.05, 4.69) is 30.8 Å². The summed E-state index contributed by atoms with van der Waals surface area (Å²) in [4.78, 5) is 20.7. The minimum Gasteiger partial charge on any atom is -0.392 e. The highest BCUT2D eigenvalue weighted by Crippen LogP contribution is 2.16. The van der Waals surface area contributed by atoms with Gasteiger partial charge in [0.15, 0.2) is 11.6 Å². The van der Waals surface area contributed by atoms with Gasteiger partial charge in [-0.15, -0.1) is 10.2 Å². The maximum atomic E-state index is 12.6. The van der Waals surface area contributed by atoms with Crippen LogP contribution in [0.5, 0.6) is 0 Å². The molecule has 0 atom stereocenters. The standard InChI is InChI=1S/C23H23N7O2/c1-30-21(28-29-22(30)20-9-10-24-15-27-20)13-25-19-8-4-7-16(11-19)23(32)26-12-17-5-2-3-6-18(17)14-31/h2-11,15,25,31H,12-14H2,1H3,(H,26,32). The molecule has 0 radical (unpaired) electrons. The van der Waals surface area contributed by atoms with Gasteiger partial charge in [-0.3, -0.25) is 4.79 Å². The summed E-state index contributed by atoms with van der Waals surface area (Å²) in [6.45, 7) is 0.716. The number of aliphatic hydroxyl groups is 1. The predicted octanol–water partition coefficient (Wildman–Crippen LogP) is 2.31. The zero-order chi connectivity index (χ0) is 22.3. The molecule has 0 saturated carbocycles. The van der Waals surface area contributed by atoms with Gasteiger partial charge >= 0.3 is 0 Å². The Balaban J connectivity index is 1.39. The normalized spacial score (nSPS) is 10.7. The smallest absolute Gasteiger partial charge is 0.251 e. The molecule has 2 aromatic heterocycles. The summed E-state index contributed by atoms with van der Waals surface area (Å²) in [5, 5.41) is 24.1. The van der Waals surface area contributed by atoms with Crippen molar-refractivity contribution in [2.45, 2.75) is 19.7 Å². The monoisotopic (exact) mass is 429 g/mol. The lowest BCUT2D eigenvalue weighted by Gasteiger charge is -2.11. The van der Waals surface area contributed by atoms with E-state index in [1.807, 2.05) is 48.0 Å². The number of nitrogens with one attached hydrogen (secondary N) is 2. The topological polar surface area (TPSA) is 118 Å². The van der Waals surface area contributed by atoms with Gasteiger partial charge in [-0.1, -0.05) is 30.3 Å². The van der Waals surface area contributed by atoms with Crippen molar-refractivity contribution in [2.24, 2.45) is 7.05 Å². The second kappa shape index (κ2) is 9.80. The summed E-state index contributed by atoms with van der Waals surface area (Å²) < 4.78 is 1.87. The van der Waals surface area contributed by atoms with Crippen LogP contribution in [0.25, 0.3) is 11.5 Å². The first-order valence-corrected chi connectivity index (χ1v) is 10.1. The molecule has 0 bridgehead atoms. The molecule has 4 aromatic rings. The zero-order valence-electron chi connectivity index (χ0n) is 17.6. The van der Waals surface area contributed by atoms with Gasteiger partial charge < -0.3 is 20.3 Å². The molecule has 4 rings (SSSR count). The molecule has 9 nitrogen and oxygen atoms in total. The fourth-order valence-electron chi connectivity index (χ4n) is 3.27. The maximum Gasteiger partial charge on any atom is 0.251 e. The van der Waals surface area contributed by atoms with E-state index in [-0.39, 0.29) is 12.5 Å². The van der Waals surface area contributed by atoms with Crippen molar-refractivity contribution in [1.29, 1.82) is 0 Å². The van der Waals surface area contributed by atoms with Crippen molar-refractivity contribution >= 4 is 11.6 Å². The molecule has 0 aliphatic heterocycles. The largest absolute Gasteiger partial charge is 0.392 e. The molecular weight excluding hydrogens is 406 g/mol. The first-order valence-electron chi connectivity index (χ1n) is 10.1. The molecule has 0 aliphatic carbocycles. The van der Waals surface area contributed by atoms with Gasteiger partial charge in [0.1, 0.15) is 12.0 Å². The second-order valence-electron chi connectivity index (χ2n) is 7.14. The van der Waals surface area contributed by atoms with E-state index in [0.717, 1.165) is 22.6 Å². The number of carbonyl (C=O) groups is 1. The molecule has 0 unspecified atom stereocenters. The van der Waals surface area contributed by atoms with Crippen LogP contribution in [0.15, 0.2) is 67.1 Å². The van der Waals surface area contributed by atoms with Gasteiger partial charge in [-0.05, 0) is 35.4 Å². The average Bonchev–Trinajstić information content (AvgIpc) is 3.22. The molecule has 0 aliphatic rings. The van der Waals surface area contributed by atoms with Gasteiger partial charge in [-0.2, -0.15) is 0 Å². The van der Waals surface area contributed by atoms with Crippen LogP contribution in [0.3, 0.4) is 0 Å². The van der Waals surface area contributed by atoms with Crippen molar-refractivity contribution in [3.8, 4) is 11.5 Å². The molecule has 3 N–H and O–H groups in total. The third-order valence-corrected chi connectivity index (χ3v) is 5.08. The summed E-state index contributed by atoms with van der Waals surface area (Å²) in [7, 11) is 1.88. The number of aromatic nitrogens is 5. The molecule has 32 heavy (non-hydrogen) atoms. The third kappa shape index (κ3) is 4.79. The Kier molecular flexibility index (Phi) is 6.47. The molecule has 0 saturated heterocycles. The number of rotatable bonds is 8. The highest BCUT2D eigenvalue weighted by Gasteiger charge is 2.12. The molecule has 162 valence electrons. The summed E-state index contributed by atoms with van der Waals surface area (Å²) >= 11 is 0. The number of hydrogen-bond acceptors (Lipinski definition) is 7. The molecule has 2 aromatic carbocycles. The van der Waals surface area contributed by atoms with E-state index in [0.29, 0.717) is 30.2 Å². The number of aliphatic hydroxyl groups excluding tert-OH is 1. The van der Waals surface area contributed by atoms with Gasteiger partial charge in [-0.25, -0.2) is 9.97 Å². The van der Waals surface area contributed by atoms with Crippen LogP contribution in [-0.2, 0) is 26.7 Å². The van der Waals surface area contributed by atoms with Crippen LogP contribution in [0.2, 0.25) is 0 Å². The number of carbonyl (C=O) groups excluding carboxylic acids is 1. The third-order valence-electron chi connectivity index (χ3n) is 5.08. The van der Waals surface area contributed by atoms with Crippen molar-refractivity contribution in [3.05, 3.63) is 89.6 Å². The van der Waals surface area contributed by atoms with Gasteiger partial charge in [0.05, 0.1) is 13.2 Å². The van der Waals surface area contributed by atoms with Gasteiger partial charge in [0, 0.05) is 31.0 Å². The Morgan fingerprint density at radius 1 is 1.03 bits per heavy atom. The lowest BCUT2D eigenvalue weighted by atomic mass is 10.1. The summed E-state index contributed by atoms with van der Waals surface area (Å²) in [5.41, 5.74) is 3.71. The molecule has 0 spiro atoms. The van der Waals surface area contributed by atoms with Crippen molar-refractivity contribution < 1.29 is 9.90 Å². The zero-order valence-corrected chi connectivity index (χ0v) is 17.6. The minimum absolute atomic E-state index is 0.0631. The minimum atomic E-state index is -0.189. The maximum absolute atomic E-state index is 12.6. The quantitative estimate of drug-likeness (QED) is 0.393. The van der Waals surface area contributed by atoms with Crippen LogP contribution in [0.1, 0.15) is 27.3 Å². The first kappa shape index (κ1) is 21.1. The SMILES string of the molecule is Cn1c(CNc2cccc(C(=O)NCc3ccccc3CO)c2)nnc1-c1ccncn1. The van der Waals surface area contributed by atoms with Crippen LogP contribution in [-0.4, -0.2) is 35.7 Å². The summed E-state index contributed by atoms with van der Waals surface area (Å²) in [6.07, 6.45) is 3.13. The first-order chi connectivity index (χ1) is 15.7. The van der Waals surface area contributed by atoms with E-state index in [1.54, 1.807) is 24.4 Å². The highest BCUT2D eigenvalue weighted by molar-refractivity contribution is 5.95. The molecule has 9 heteroatoms. The highest BCUT2D eigenvalue weighted by atomic mass is 16.3. The van der Waals surface area contributed by atoms with Crippen LogP contribution in [0, 0.1) is 0 Å². The molecule has 2 heterocycles. The summed E-state index contributed by atoms with van der Waals surface area (Å²) in [5.74, 6) is 1.20. The van der Waals surface area contributed by atoms with Crippen molar-refractivity contribution in [1.82, 2.24) is 30.0 Å². The Morgan fingerprint density at radius 3 is 2.66 bits per heavy atom. The molecule has 0 fully saturated rings. The Morgan fingerprint density at radius 2 is 1.88 bits per heavy atom. The number of amides is 1. The average molecular weight is 429 g/mol. The second-order valence-corrected chi connectivity index (χ2v) is 7.14. The Labute approximate surface area is 185 Å². The van der Waals surface area contributed by atoms with E-state index in [4.69, 9.17) is 0 Å². The number of nitrogens with zero attached hydrogens (tertiary/aromatic N) is 5. The van der Waals surface area contributed by atoms with Crippen LogP contribution < -0.4 is 10.6 Å². The van der Waals surface area contributed by atoms with Crippen LogP contribution >= 0.6 is 0 Å². The lowest BCUT2D eigenvalue weighted by molar-refractivity contribution is 0.0950. The number of hydrogen-bond donors (Lipinski definition) is 3. The van der Waals surface area contributed by atoms with E-state index < -0.39 is 0 Å². The fraction of sp³-hybridized carbons (Fsp3) is 0.174. The van der Waals surface area contributed by atoms with E-state index >= 15 is 0 Å². The molecule has 1 amide bonds. The fourth-order valence-corrected chi connectivity index (χ4v) is 3.27. The summed E-state index contributed by atoms with van der Waals surface area (Å²) in [6, 6.07) is 16.5. The molecular formula is C23H23N7O2. The number of benzene rings is 2. The lowest BCUT2D eigenvalue weighted by Crippen LogP contribution is -2.23.